The second-order valence-corrected chi connectivity index (χ2v) is 4.54. The fraction of sp³-hybridized carbons (Fsp3) is 0.500. The number of carbonyl (C=O) groups is 2. The lowest BCUT2D eigenvalue weighted by molar-refractivity contribution is -0.684. The molecular formula is C12H18N3O3+. The summed E-state index contributed by atoms with van der Waals surface area (Å²) in [4.78, 5) is 22.8. The molecule has 0 saturated heterocycles. The van der Waals surface area contributed by atoms with Gasteiger partial charge >= 0.3 is 6.03 Å². The Morgan fingerprint density at radius 3 is 2.94 bits per heavy atom. The van der Waals surface area contributed by atoms with Gasteiger partial charge < -0.3 is 15.1 Å². The highest BCUT2D eigenvalue weighted by atomic mass is 16.3. The maximum Gasteiger partial charge on any atom is 0.321 e. The number of amides is 3. The topological polar surface area (TPSA) is 88.0 Å². The van der Waals surface area contributed by atoms with Gasteiger partial charge in [-0.25, -0.2) is 4.79 Å². The Morgan fingerprint density at radius 2 is 2.33 bits per heavy atom. The molecule has 1 fully saturated rings. The van der Waals surface area contributed by atoms with Crippen LogP contribution in [0.3, 0.4) is 0 Å². The summed E-state index contributed by atoms with van der Waals surface area (Å²) in [5.74, 6) is 0.511. The SMILES string of the molecule is C[C@@H]([NH2+]CC(=O)NC(=O)NC1CC1)c1ccco1. The van der Waals surface area contributed by atoms with Gasteiger partial charge in [-0.15, -0.1) is 0 Å². The van der Waals surface area contributed by atoms with Gasteiger partial charge in [-0.2, -0.15) is 0 Å². The highest BCUT2D eigenvalue weighted by Gasteiger charge is 2.24. The van der Waals surface area contributed by atoms with E-state index in [1.54, 1.807) is 6.26 Å². The molecule has 1 saturated carbocycles. The van der Waals surface area contributed by atoms with Crippen LogP contribution in [0.5, 0.6) is 0 Å². The predicted octanol–water partition coefficient (Wildman–Crippen LogP) is -0.108. The third kappa shape index (κ3) is 3.89. The van der Waals surface area contributed by atoms with Crippen molar-refractivity contribution < 1.29 is 19.3 Å². The fourth-order valence-electron chi connectivity index (χ4n) is 1.58. The van der Waals surface area contributed by atoms with E-state index in [2.05, 4.69) is 10.6 Å². The van der Waals surface area contributed by atoms with Crippen LogP contribution in [0.15, 0.2) is 22.8 Å². The average Bonchev–Trinajstić information content (AvgIpc) is 2.97. The first-order valence-electron chi connectivity index (χ1n) is 6.12. The molecule has 6 nitrogen and oxygen atoms in total. The second kappa shape index (κ2) is 5.68. The molecule has 1 aliphatic rings. The summed E-state index contributed by atoms with van der Waals surface area (Å²) >= 11 is 0. The van der Waals surface area contributed by atoms with Crippen molar-refractivity contribution in [2.75, 3.05) is 6.54 Å². The summed E-state index contributed by atoms with van der Waals surface area (Å²) in [7, 11) is 0. The maximum atomic E-state index is 11.5. The molecule has 0 aliphatic heterocycles. The van der Waals surface area contributed by atoms with Gasteiger partial charge in [0.25, 0.3) is 5.91 Å². The maximum absolute atomic E-state index is 11.5. The Labute approximate surface area is 105 Å². The van der Waals surface area contributed by atoms with E-state index in [1.807, 2.05) is 24.4 Å². The predicted molar refractivity (Wildman–Crippen MR) is 63.6 cm³/mol. The molecule has 0 bridgehead atoms. The van der Waals surface area contributed by atoms with E-state index >= 15 is 0 Å². The monoisotopic (exact) mass is 252 g/mol. The lowest BCUT2D eigenvalue weighted by Crippen LogP contribution is -2.87. The quantitative estimate of drug-likeness (QED) is 0.683. The van der Waals surface area contributed by atoms with Crippen LogP contribution in [0.2, 0.25) is 0 Å². The number of carbonyl (C=O) groups excluding carboxylic acids is 2. The Balaban J connectivity index is 1.66. The normalized spacial score (nSPS) is 16.1. The van der Waals surface area contributed by atoms with E-state index in [1.165, 1.54) is 0 Å². The van der Waals surface area contributed by atoms with Gasteiger partial charge in [0.15, 0.2) is 12.3 Å². The minimum Gasteiger partial charge on any atom is -0.463 e. The van der Waals surface area contributed by atoms with Crippen LogP contribution in [0.1, 0.15) is 31.6 Å². The van der Waals surface area contributed by atoms with E-state index in [-0.39, 0.29) is 24.5 Å². The Hall–Kier alpha value is -1.82. The van der Waals surface area contributed by atoms with Crippen molar-refractivity contribution >= 4 is 11.9 Å². The Kier molecular flexibility index (Phi) is 3.99. The second-order valence-electron chi connectivity index (χ2n) is 4.54. The van der Waals surface area contributed by atoms with Crippen molar-refractivity contribution in [1.29, 1.82) is 0 Å². The van der Waals surface area contributed by atoms with E-state index in [4.69, 9.17) is 4.42 Å². The van der Waals surface area contributed by atoms with Crippen LogP contribution in [0.25, 0.3) is 0 Å². The number of nitrogens with one attached hydrogen (secondary N) is 2. The lowest BCUT2D eigenvalue weighted by atomic mass is 10.2. The number of rotatable bonds is 5. The molecule has 4 N–H and O–H groups in total. The van der Waals surface area contributed by atoms with Gasteiger partial charge in [0.2, 0.25) is 0 Å². The van der Waals surface area contributed by atoms with E-state index in [0.717, 1.165) is 18.6 Å². The first-order valence-corrected chi connectivity index (χ1v) is 6.12. The molecule has 2 rings (SSSR count). The largest absolute Gasteiger partial charge is 0.463 e. The Morgan fingerprint density at radius 1 is 1.56 bits per heavy atom. The molecule has 1 heterocycles. The molecule has 3 amide bonds. The van der Waals surface area contributed by atoms with Crippen LogP contribution < -0.4 is 16.0 Å². The molecule has 0 spiro atoms. The standard InChI is InChI=1S/C12H17N3O3/c1-8(10-3-2-6-18-10)13-7-11(16)15-12(17)14-9-4-5-9/h2-3,6,8-9,13H,4-5,7H2,1H3,(H2,14,15,16,17)/p+1/t8-/m1/s1. The van der Waals surface area contributed by atoms with Crippen molar-refractivity contribution in [3.8, 4) is 0 Å². The molecule has 0 unspecified atom stereocenters. The van der Waals surface area contributed by atoms with Crippen molar-refractivity contribution in [2.24, 2.45) is 0 Å². The lowest BCUT2D eigenvalue weighted by Gasteiger charge is -2.08. The third-order valence-corrected chi connectivity index (χ3v) is 2.81. The zero-order chi connectivity index (χ0) is 13.0. The van der Waals surface area contributed by atoms with Gasteiger partial charge in [-0.05, 0) is 31.9 Å². The van der Waals surface area contributed by atoms with Gasteiger partial charge in [0.05, 0.1) is 6.26 Å². The molecule has 1 aliphatic carbocycles. The first-order chi connectivity index (χ1) is 8.65. The van der Waals surface area contributed by atoms with Crippen LogP contribution in [0.4, 0.5) is 4.79 Å². The van der Waals surface area contributed by atoms with Crippen molar-refractivity contribution in [1.82, 2.24) is 10.6 Å². The fourth-order valence-corrected chi connectivity index (χ4v) is 1.58. The first kappa shape index (κ1) is 12.6. The van der Waals surface area contributed by atoms with Gasteiger partial charge in [-0.3, -0.25) is 10.1 Å². The molecule has 0 radical (unpaired) electrons. The summed E-state index contributed by atoms with van der Waals surface area (Å²) in [6.07, 6.45) is 3.61. The van der Waals surface area contributed by atoms with E-state index in [9.17, 15) is 9.59 Å². The number of imide groups is 1. The molecule has 1 aromatic heterocycles. The van der Waals surface area contributed by atoms with E-state index in [0.29, 0.717) is 0 Å². The number of urea groups is 1. The van der Waals surface area contributed by atoms with Crippen LogP contribution in [-0.2, 0) is 4.79 Å². The Bertz CT molecular complexity index is 412. The summed E-state index contributed by atoms with van der Waals surface area (Å²) in [6.45, 7) is 2.14. The van der Waals surface area contributed by atoms with Gasteiger partial charge in [-0.1, -0.05) is 0 Å². The molecule has 98 valence electrons. The zero-order valence-electron chi connectivity index (χ0n) is 10.3. The van der Waals surface area contributed by atoms with Crippen LogP contribution in [-0.4, -0.2) is 24.5 Å². The molecular weight excluding hydrogens is 234 g/mol. The molecule has 1 atom stereocenters. The third-order valence-electron chi connectivity index (χ3n) is 2.81. The smallest absolute Gasteiger partial charge is 0.321 e. The molecule has 6 heteroatoms. The number of hydrogen-bond acceptors (Lipinski definition) is 3. The zero-order valence-corrected chi connectivity index (χ0v) is 10.3. The number of quaternary nitrogens is 1. The van der Waals surface area contributed by atoms with Crippen LogP contribution in [0, 0.1) is 0 Å². The molecule has 1 aromatic rings. The highest BCUT2D eigenvalue weighted by molar-refractivity contribution is 5.94. The summed E-state index contributed by atoms with van der Waals surface area (Å²) in [6, 6.07) is 3.57. The molecule has 0 aromatic carbocycles. The van der Waals surface area contributed by atoms with Crippen molar-refractivity contribution in [2.45, 2.75) is 31.8 Å². The number of nitrogens with two attached hydrogens (primary N) is 1. The van der Waals surface area contributed by atoms with Crippen molar-refractivity contribution in [3.05, 3.63) is 24.2 Å². The summed E-state index contributed by atoms with van der Waals surface area (Å²) in [5.41, 5.74) is 0. The minimum absolute atomic E-state index is 0.0530. The number of hydrogen-bond donors (Lipinski definition) is 3. The van der Waals surface area contributed by atoms with Gasteiger partial charge in [0, 0.05) is 6.04 Å². The van der Waals surface area contributed by atoms with Crippen LogP contribution >= 0.6 is 0 Å². The van der Waals surface area contributed by atoms with E-state index < -0.39 is 6.03 Å². The van der Waals surface area contributed by atoms with Gasteiger partial charge in [0.1, 0.15) is 6.04 Å². The molecule has 18 heavy (non-hydrogen) atoms. The summed E-state index contributed by atoms with van der Waals surface area (Å²) in [5, 5.41) is 6.82. The minimum atomic E-state index is -0.401. The highest BCUT2D eigenvalue weighted by Crippen LogP contribution is 2.18. The van der Waals surface area contributed by atoms with Crippen molar-refractivity contribution in [3.63, 3.8) is 0 Å². The average molecular weight is 252 g/mol. The summed E-state index contributed by atoms with van der Waals surface area (Å²) < 4.78 is 5.23. The number of furan rings is 1.